The standard InChI is InChI=1S/C24H35O4P/c1-22(2,3)18-15-16-19(21(24(7,8)9)20(18)23(4,5)6)28-29(25,26)27-17-13-11-10-12-14-17/h10-16H,1-9H3,(H,25,26). The van der Waals surface area contributed by atoms with E-state index in [1.54, 1.807) is 30.3 Å². The molecule has 160 valence electrons. The van der Waals surface area contributed by atoms with Crippen molar-refractivity contribution in [3.05, 3.63) is 59.2 Å². The van der Waals surface area contributed by atoms with Gasteiger partial charge in [-0.3, -0.25) is 4.89 Å². The van der Waals surface area contributed by atoms with Crippen molar-refractivity contribution in [2.24, 2.45) is 0 Å². The first kappa shape index (κ1) is 23.5. The Balaban J connectivity index is 2.65. The van der Waals surface area contributed by atoms with Gasteiger partial charge < -0.3 is 9.05 Å². The van der Waals surface area contributed by atoms with Crippen molar-refractivity contribution in [3.63, 3.8) is 0 Å². The van der Waals surface area contributed by atoms with Gasteiger partial charge in [-0.1, -0.05) is 86.6 Å². The van der Waals surface area contributed by atoms with Crippen molar-refractivity contribution in [1.82, 2.24) is 0 Å². The molecule has 2 rings (SSSR count). The van der Waals surface area contributed by atoms with E-state index < -0.39 is 7.82 Å². The van der Waals surface area contributed by atoms with Gasteiger partial charge in [-0.25, -0.2) is 4.57 Å². The van der Waals surface area contributed by atoms with Gasteiger partial charge in [0.15, 0.2) is 0 Å². The molecule has 0 radical (unpaired) electrons. The Morgan fingerprint density at radius 2 is 1.21 bits per heavy atom. The molecule has 0 saturated carbocycles. The van der Waals surface area contributed by atoms with Gasteiger partial charge in [-0.05, 0) is 45.6 Å². The van der Waals surface area contributed by atoms with Gasteiger partial charge in [0.2, 0.25) is 0 Å². The molecule has 0 aromatic heterocycles. The SMILES string of the molecule is CC(C)(C)c1ccc(OP(=O)(O)Oc2ccccc2)c(C(C)(C)C)c1C(C)(C)C. The van der Waals surface area contributed by atoms with Crippen LogP contribution in [0.2, 0.25) is 0 Å². The van der Waals surface area contributed by atoms with Gasteiger partial charge >= 0.3 is 7.82 Å². The maximum absolute atomic E-state index is 12.8. The molecule has 0 amide bonds. The van der Waals surface area contributed by atoms with Gasteiger partial charge in [0.25, 0.3) is 0 Å². The monoisotopic (exact) mass is 418 g/mol. The van der Waals surface area contributed by atoms with Crippen molar-refractivity contribution >= 4 is 7.82 Å². The highest BCUT2D eigenvalue weighted by atomic mass is 31.2. The highest BCUT2D eigenvalue weighted by Crippen LogP contribution is 2.50. The van der Waals surface area contributed by atoms with Crippen LogP contribution in [0, 0.1) is 0 Å². The van der Waals surface area contributed by atoms with E-state index in [1.807, 2.05) is 12.1 Å². The minimum absolute atomic E-state index is 0.0788. The molecule has 1 unspecified atom stereocenters. The molecule has 2 aromatic carbocycles. The average molecular weight is 419 g/mol. The predicted octanol–water partition coefficient (Wildman–Crippen LogP) is 7.14. The normalized spacial score (nSPS) is 15.0. The molecule has 1 atom stereocenters. The zero-order chi connectivity index (χ0) is 22.3. The number of hydrogen-bond donors (Lipinski definition) is 1. The van der Waals surface area contributed by atoms with Crippen LogP contribution in [0.15, 0.2) is 42.5 Å². The molecule has 0 aliphatic rings. The third-order valence-corrected chi connectivity index (χ3v) is 5.52. The second-order valence-corrected chi connectivity index (χ2v) is 11.9. The van der Waals surface area contributed by atoms with E-state index in [0.29, 0.717) is 5.75 Å². The summed E-state index contributed by atoms with van der Waals surface area (Å²) < 4.78 is 23.7. The lowest BCUT2D eigenvalue weighted by Gasteiger charge is -2.37. The summed E-state index contributed by atoms with van der Waals surface area (Å²) >= 11 is 0. The van der Waals surface area contributed by atoms with Crippen LogP contribution in [-0.4, -0.2) is 4.89 Å². The zero-order valence-corrected chi connectivity index (χ0v) is 20.1. The summed E-state index contributed by atoms with van der Waals surface area (Å²) in [5, 5.41) is 0. The lowest BCUT2D eigenvalue weighted by Crippen LogP contribution is -2.28. The number of rotatable bonds is 4. The molecule has 5 heteroatoms. The average Bonchev–Trinajstić information content (AvgIpc) is 2.51. The summed E-state index contributed by atoms with van der Waals surface area (Å²) in [5.41, 5.74) is 2.73. The fraction of sp³-hybridized carbons (Fsp3) is 0.500. The first-order valence-electron chi connectivity index (χ1n) is 9.98. The number of para-hydroxylation sites is 1. The number of phosphoric ester groups is 1. The van der Waals surface area contributed by atoms with Crippen molar-refractivity contribution < 1.29 is 18.5 Å². The quantitative estimate of drug-likeness (QED) is 0.536. The van der Waals surface area contributed by atoms with E-state index in [0.717, 1.165) is 11.1 Å². The smallest absolute Gasteiger partial charge is 0.395 e. The fourth-order valence-corrected chi connectivity index (χ4v) is 4.39. The second kappa shape index (κ2) is 7.81. The van der Waals surface area contributed by atoms with Crippen molar-refractivity contribution in [1.29, 1.82) is 0 Å². The van der Waals surface area contributed by atoms with Crippen LogP contribution >= 0.6 is 7.82 Å². The maximum Gasteiger partial charge on any atom is 0.584 e. The molecule has 0 bridgehead atoms. The summed E-state index contributed by atoms with van der Waals surface area (Å²) in [6, 6.07) is 12.4. The third-order valence-electron chi connectivity index (χ3n) is 4.65. The van der Waals surface area contributed by atoms with E-state index in [4.69, 9.17) is 9.05 Å². The Labute approximate surface area is 175 Å². The topological polar surface area (TPSA) is 55.8 Å². The van der Waals surface area contributed by atoms with E-state index in [9.17, 15) is 9.46 Å². The van der Waals surface area contributed by atoms with Crippen LogP contribution in [0.4, 0.5) is 0 Å². The first-order valence-corrected chi connectivity index (χ1v) is 11.5. The highest BCUT2D eigenvalue weighted by Gasteiger charge is 2.36. The van der Waals surface area contributed by atoms with Crippen molar-refractivity contribution in [2.75, 3.05) is 0 Å². The van der Waals surface area contributed by atoms with Crippen LogP contribution < -0.4 is 9.05 Å². The molecule has 0 aliphatic carbocycles. The van der Waals surface area contributed by atoms with Gasteiger partial charge in [-0.2, -0.15) is 0 Å². The number of benzene rings is 2. The largest absolute Gasteiger partial charge is 0.584 e. The zero-order valence-electron chi connectivity index (χ0n) is 19.2. The molecule has 4 nitrogen and oxygen atoms in total. The highest BCUT2D eigenvalue weighted by molar-refractivity contribution is 7.48. The van der Waals surface area contributed by atoms with Crippen LogP contribution in [0.25, 0.3) is 0 Å². The molecule has 0 saturated heterocycles. The van der Waals surface area contributed by atoms with Crippen LogP contribution in [0.5, 0.6) is 11.5 Å². The molecule has 0 heterocycles. The Bertz CT molecular complexity index is 897. The van der Waals surface area contributed by atoms with Gasteiger partial charge in [0.1, 0.15) is 11.5 Å². The lowest BCUT2D eigenvalue weighted by molar-refractivity contribution is 0.287. The van der Waals surface area contributed by atoms with E-state index >= 15 is 0 Å². The fourth-order valence-electron chi connectivity index (χ4n) is 3.57. The van der Waals surface area contributed by atoms with Crippen molar-refractivity contribution in [3.8, 4) is 11.5 Å². The first-order chi connectivity index (χ1) is 13.0. The number of hydrogen-bond acceptors (Lipinski definition) is 3. The summed E-state index contributed by atoms with van der Waals surface area (Å²) in [6.45, 7) is 19.3. The second-order valence-electron chi connectivity index (χ2n) is 10.6. The summed E-state index contributed by atoms with van der Waals surface area (Å²) in [7, 11) is -4.36. The summed E-state index contributed by atoms with van der Waals surface area (Å²) in [6.07, 6.45) is 0. The van der Waals surface area contributed by atoms with Gasteiger partial charge in [0.05, 0.1) is 0 Å². The summed E-state index contributed by atoms with van der Waals surface area (Å²) in [4.78, 5) is 10.4. The maximum atomic E-state index is 12.8. The molecular weight excluding hydrogens is 383 g/mol. The van der Waals surface area contributed by atoms with Gasteiger partial charge in [0, 0.05) is 5.56 Å². The molecule has 0 spiro atoms. The molecule has 0 aliphatic heterocycles. The van der Waals surface area contributed by atoms with Crippen LogP contribution in [0.3, 0.4) is 0 Å². The minimum atomic E-state index is -4.36. The molecule has 1 N–H and O–H groups in total. The van der Waals surface area contributed by atoms with Crippen LogP contribution in [0.1, 0.15) is 79.0 Å². The molecule has 29 heavy (non-hydrogen) atoms. The third kappa shape index (κ3) is 5.87. The van der Waals surface area contributed by atoms with Gasteiger partial charge in [-0.15, -0.1) is 0 Å². The minimum Gasteiger partial charge on any atom is -0.395 e. The summed E-state index contributed by atoms with van der Waals surface area (Å²) in [5.74, 6) is 0.676. The molecule has 0 fully saturated rings. The number of phosphoric acid groups is 1. The molecular formula is C24H35O4P. The Hall–Kier alpha value is -1.77. The van der Waals surface area contributed by atoms with Crippen molar-refractivity contribution in [2.45, 2.75) is 78.6 Å². The van der Waals surface area contributed by atoms with Crippen LogP contribution in [-0.2, 0) is 20.8 Å². The lowest BCUT2D eigenvalue weighted by atomic mass is 9.68. The Morgan fingerprint density at radius 3 is 1.66 bits per heavy atom. The van der Waals surface area contributed by atoms with E-state index in [-0.39, 0.29) is 22.0 Å². The Morgan fingerprint density at radius 1 is 0.690 bits per heavy atom. The van der Waals surface area contributed by atoms with E-state index in [2.05, 4.69) is 62.3 Å². The van der Waals surface area contributed by atoms with E-state index in [1.165, 1.54) is 5.56 Å². The predicted molar refractivity (Wildman–Crippen MR) is 120 cm³/mol. The molecule has 2 aromatic rings. The Kier molecular flexibility index (Phi) is 6.33.